The van der Waals surface area contributed by atoms with Crippen molar-refractivity contribution in [1.82, 2.24) is 9.36 Å². The molecule has 3 rings (SSSR count). The second-order valence-corrected chi connectivity index (χ2v) is 9.23. The minimum atomic E-state index is -3.62. The molecule has 0 fully saturated rings. The zero-order valence-corrected chi connectivity index (χ0v) is 20.2. The number of esters is 1. The molecule has 0 unspecified atom stereocenters. The first-order valence-corrected chi connectivity index (χ1v) is 12.3. The number of carbonyl (C=O) groups excluding carboxylic acids is 1. The normalized spacial score (nSPS) is 11.8. The van der Waals surface area contributed by atoms with Gasteiger partial charge < -0.3 is 9.57 Å². The predicted molar refractivity (Wildman–Crippen MR) is 129 cm³/mol. The van der Waals surface area contributed by atoms with Gasteiger partial charge in [0, 0.05) is 25.8 Å². The van der Waals surface area contributed by atoms with Gasteiger partial charge in [0.2, 0.25) is 16.7 Å². The predicted octanol–water partition coefficient (Wildman–Crippen LogP) is 4.59. The Hall–Kier alpha value is -3.37. The number of nitrogens with zero attached hydrogens (tertiary/aromatic N) is 3. The fourth-order valence-electron chi connectivity index (χ4n) is 2.72. The zero-order chi connectivity index (χ0) is 24.4. The maximum Gasteiger partial charge on any atom is 0.434 e. The van der Waals surface area contributed by atoms with Gasteiger partial charge >= 0.3 is 13.7 Å². The van der Waals surface area contributed by atoms with E-state index in [-0.39, 0.29) is 23.3 Å². The molecule has 2 aromatic carbocycles. The highest BCUT2D eigenvalue weighted by molar-refractivity contribution is 7.55. The summed E-state index contributed by atoms with van der Waals surface area (Å²) < 4.78 is 32.0. The second-order valence-electron chi connectivity index (χ2n) is 6.53. The number of oxime groups is 1. The molecule has 0 saturated carbocycles. The first kappa shape index (κ1) is 25.3. The molecule has 34 heavy (non-hydrogen) atoms. The Bertz CT molecular complexity index is 1120. The summed E-state index contributed by atoms with van der Waals surface area (Å²) in [6.45, 7) is 3.61. The Morgan fingerprint density at radius 3 is 2.24 bits per heavy atom. The summed E-state index contributed by atoms with van der Waals surface area (Å²) in [5.41, 5.74) is 1.26. The van der Waals surface area contributed by atoms with E-state index in [9.17, 15) is 9.36 Å². The number of hydrogen-bond donors (Lipinski definition) is 1. The third-order valence-corrected chi connectivity index (χ3v) is 6.55. The number of anilines is 1. The van der Waals surface area contributed by atoms with Crippen LogP contribution in [-0.4, -0.2) is 41.9 Å². The number of benzene rings is 2. The van der Waals surface area contributed by atoms with Gasteiger partial charge in [0.15, 0.2) is 6.10 Å². The average Bonchev–Trinajstić information content (AvgIpc) is 3.33. The molecule has 178 valence electrons. The van der Waals surface area contributed by atoms with Crippen LogP contribution in [0.15, 0.2) is 78.5 Å². The Kier molecular flexibility index (Phi) is 9.06. The Labute approximate surface area is 201 Å². The third kappa shape index (κ3) is 6.58. The van der Waals surface area contributed by atoms with Crippen molar-refractivity contribution in [2.75, 3.05) is 25.9 Å². The van der Waals surface area contributed by atoms with Crippen molar-refractivity contribution in [3.63, 3.8) is 0 Å². The molecule has 12 heteroatoms. The molecule has 0 bridgehead atoms. The SMILES string of the molecule is C=CCON=C(C(=O)OC(c1ccccc1)c1ccccc1)c1nsc(NP(=O)(OC)OC)n1. The first-order chi connectivity index (χ1) is 16.5. The lowest BCUT2D eigenvalue weighted by Crippen LogP contribution is -2.23. The fourth-order valence-corrected chi connectivity index (χ4v) is 4.26. The van der Waals surface area contributed by atoms with Gasteiger partial charge in [-0.2, -0.15) is 9.36 Å². The van der Waals surface area contributed by atoms with Crippen LogP contribution < -0.4 is 5.09 Å². The molecule has 0 aliphatic carbocycles. The van der Waals surface area contributed by atoms with Crippen LogP contribution in [0.2, 0.25) is 0 Å². The Balaban J connectivity index is 1.91. The van der Waals surface area contributed by atoms with Gasteiger partial charge in [-0.05, 0) is 11.1 Å². The van der Waals surface area contributed by atoms with Crippen molar-refractivity contribution in [2.24, 2.45) is 5.16 Å². The maximum absolute atomic E-state index is 13.2. The van der Waals surface area contributed by atoms with Crippen molar-refractivity contribution >= 4 is 36.1 Å². The lowest BCUT2D eigenvalue weighted by molar-refractivity contribution is -0.139. The highest BCUT2D eigenvalue weighted by atomic mass is 32.1. The molecule has 0 amide bonds. The van der Waals surface area contributed by atoms with Gasteiger partial charge in [0.25, 0.3) is 0 Å². The number of rotatable bonds is 12. The molecule has 0 aliphatic heterocycles. The van der Waals surface area contributed by atoms with Crippen LogP contribution in [0.4, 0.5) is 5.13 Å². The van der Waals surface area contributed by atoms with Gasteiger partial charge in [-0.1, -0.05) is 78.5 Å². The summed E-state index contributed by atoms with van der Waals surface area (Å²) in [5, 5.41) is 6.48. The van der Waals surface area contributed by atoms with E-state index in [0.717, 1.165) is 22.7 Å². The molecule has 1 N–H and O–H groups in total. The largest absolute Gasteiger partial charge is 0.448 e. The van der Waals surface area contributed by atoms with Crippen LogP contribution in [0, 0.1) is 0 Å². The van der Waals surface area contributed by atoms with E-state index >= 15 is 0 Å². The van der Waals surface area contributed by atoms with Crippen molar-refractivity contribution in [2.45, 2.75) is 6.10 Å². The molecule has 3 aromatic rings. The molecule has 0 atom stereocenters. The highest BCUT2D eigenvalue weighted by Gasteiger charge is 2.29. The lowest BCUT2D eigenvalue weighted by Gasteiger charge is -2.18. The van der Waals surface area contributed by atoms with E-state index in [4.69, 9.17) is 18.6 Å². The number of nitrogens with one attached hydrogen (secondary N) is 1. The summed E-state index contributed by atoms with van der Waals surface area (Å²) in [4.78, 5) is 22.5. The fraction of sp³-hybridized carbons (Fsp3) is 0.182. The van der Waals surface area contributed by atoms with Crippen molar-refractivity contribution in [3.8, 4) is 0 Å². The summed E-state index contributed by atoms with van der Waals surface area (Å²) >= 11 is 0.835. The minimum Gasteiger partial charge on any atom is -0.448 e. The number of carbonyl (C=O) groups is 1. The van der Waals surface area contributed by atoms with Gasteiger partial charge in [0.1, 0.15) is 6.61 Å². The Morgan fingerprint density at radius 2 is 1.71 bits per heavy atom. The van der Waals surface area contributed by atoms with E-state index in [0.29, 0.717) is 0 Å². The molecule has 1 aromatic heterocycles. The molecular formula is C22H23N4O6PS. The average molecular weight is 502 g/mol. The minimum absolute atomic E-state index is 0.0510. The quantitative estimate of drug-likeness (QED) is 0.0946. The van der Waals surface area contributed by atoms with E-state index in [1.54, 1.807) is 0 Å². The van der Waals surface area contributed by atoms with Crippen LogP contribution in [-0.2, 0) is 28.0 Å². The number of ether oxygens (including phenoxy) is 1. The maximum atomic E-state index is 13.2. The summed E-state index contributed by atoms with van der Waals surface area (Å²) in [6, 6.07) is 18.6. The lowest BCUT2D eigenvalue weighted by atomic mass is 10.0. The summed E-state index contributed by atoms with van der Waals surface area (Å²) in [7, 11) is -1.17. The topological polar surface area (TPSA) is 121 Å². The highest BCUT2D eigenvalue weighted by Crippen LogP contribution is 2.46. The van der Waals surface area contributed by atoms with Gasteiger partial charge in [-0.3, -0.25) is 14.1 Å². The second kappa shape index (κ2) is 12.2. The van der Waals surface area contributed by atoms with E-state index in [1.807, 2.05) is 60.7 Å². The molecule has 1 heterocycles. The van der Waals surface area contributed by atoms with Gasteiger partial charge in [0.05, 0.1) is 0 Å². The first-order valence-electron chi connectivity index (χ1n) is 9.95. The van der Waals surface area contributed by atoms with Crippen LogP contribution in [0.5, 0.6) is 0 Å². The van der Waals surface area contributed by atoms with Crippen LogP contribution >= 0.6 is 19.3 Å². The summed E-state index contributed by atoms with van der Waals surface area (Å²) in [6.07, 6.45) is 0.760. The van der Waals surface area contributed by atoms with Crippen molar-refractivity contribution < 1.29 is 28.0 Å². The number of hydrogen-bond acceptors (Lipinski definition) is 10. The molecular weight excluding hydrogens is 479 g/mol. The number of aromatic nitrogens is 2. The third-order valence-electron chi connectivity index (χ3n) is 4.32. The van der Waals surface area contributed by atoms with Crippen molar-refractivity contribution in [1.29, 1.82) is 0 Å². The van der Waals surface area contributed by atoms with Crippen LogP contribution in [0.1, 0.15) is 23.1 Å². The van der Waals surface area contributed by atoms with Gasteiger partial charge in [-0.25, -0.2) is 9.36 Å². The molecule has 0 spiro atoms. The van der Waals surface area contributed by atoms with E-state index in [2.05, 4.69) is 26.2 Å². The van der Waals surface area contributed by atoms with Crippen molar-refractivity contribution in [3.05, 3.63) is 90.3 Å². The van der Waals surface area contributed by atoms with Crippen LogP contribution in [0.25, 0.3) is 0 Å². The molecule has 0 aliphatic rings. The van der Waals surface area contributed by atoms with E-state index < -0.39 is 19.8 Å². The van der Waals surface area contributed by atoms with E-state index in [1.165, 1.54) is 20.3 Å². The molecule has 0 radical (unpaired) electrons. The smallest absolute Gasteiger partial charge is 0.434 e. The summed E-state index contributed by atoms with van der Waals surface area (Å²) in [5.74, 6) is -0.895. The molecule has 10 nitrogen and oxygen atoms in total. The Morgan fingerprint density at radius 1 is 1.12 bits per heavy atom. The molecule has 0 saturated heterocycles. The van der Waals surface area contributed by atoms with Crippen LogP contribution in [0.3, 0.4) is 0 Å². The standard InChI is InChI=1S/C22H23N4O6PS/c1-4-15-31-24-18(20-23-22(34-26-20)25-33(28,29-2)30-3)21(27)32-19(16-11-7-5-8-12-16)17-13-9-6-10-14-17/h4-14,19H,1,15H2,2-3H3,(H,23,25,26,28). The monoisotopic (exact) mass is 502 g/mol. The zero-order valence-electron chi connectivity index (χ0n) is 18.5. The van der Waals surface area contributed by atoms with Gasteiger partial charge in [-0.15, -0.1) is 0 Å².